The SMILES string of the molecule is Cc1c(C(=O)NCc2cccnc2)nn(-c2ccc(Cl)cc2)c1Oc1ccc([N+](=O)[O-])cc1S(=O)(=O)NC(C)C. The number of nitro groups is 1. The number of nitro benzene ring substituents is 1. The van der Waals surface area contributed by atoms with Crippen LogP contribution in [0, 0.1) is 17.0 Å². The second-order valence-corrected chi connectivity index (χ2v) is 11.1. The Morgan fingerprint density at radius 1 is 1.18 bits per heavy atom. The molecule has 40 heavy (non-hydrogen) atoms. The van der Waals surface area contributed by atoms with E-state index in [1.165, 1.54) is 10.7 Å². The minimum atomic E-state index is -4.22. The van der Waals surface area contributed by atoms with Gasteiger partial charge in [-0.15, -0.1) is 0 Å². The molecule has 0 saturated carbocycles. The lowest BCUT2D eigenvalue weighted by atomic mass is 10.2. The predicted molar refractivity (Wildman–Crippen MR) is 147 cm³/mol. The maximum absolute atomic E-state index is 13.1. The zero-order chi connectivity index (χ0) is 29.0. The van der Waals surface area contributed by atoms with Gasteiger partial charge in [0.25, 0.3) is 11.6 Å². The second-order valence-electron chi connectivity index (χ2n) is 8.98. The van der Waals surface area contributed by atoms with Crippen LogP contribution in [0.5, 0.6) is 11.6 Å². The standard InChI is InChI=1S/C26H25ClN6O6S/c1-16(2)31-40(37,38)23-13-21(33(35)36)10-11-22(23)39-26-17(3)24(25(34)29-15-18-5-4-12-28-14-18)30-32(26)20-8-6-19(27)7-9-20/h4-14,16,31H,15H2,1-3H3,(H,29,34). The van der Waals surface area contributed by atoms with E-state index >= 15 is 0 Å². The van der Waals surface area contributed by atoms with Crippen LogP contribution in [0.1, 0.15) is 35.5 Å². The van der Waals surface area contributed by atoms with E-state index in [9.17, 15) is 23.3 Å². The number of hydrogen-bond donors (Lipinski definition) is 2. The zero-order valence-corrected chi connectivity index (χ0v) is 23.2. The smallest absolute Gasteiger partial charge is 0.272 e. The molecule has 4 aromatic rings. The summed E-state index contributed by atoms with van der Waals surface area (Å²) in [6.45, 7) is 5.03. The highest BCUT2D eigenvalue weighted by atomic mass is 35.5. The fourth-order valence-electron chi connectivity index (χ4n) is 3.72. The van der Waals surface area contributed by atoms with Crippen molar-refractivity contribution in [2.24, 2.45) is 0 Å². The molecule has 12 nitrogen and oxygen atoms in total. The maximum atomic E-state index is 13.1. The van der Waals surface area contributed by atoms with Crippen molar-refractivity contribution in [3.8, 4) is 17.3 Å². The normalized spacial score (nSPS) is 11.4. The van der Waals surface area contributed by atoms with E-state index < -0.39 is 37.5 Å². The van der Waals surface area contributed by atoms with Gasteiger partial charge in [0.05, 0.1) is 10.6 Å². The lowest BCUT2D eigenvalue weighted by Gasteiger charge is -2.15. The third-order valence-corrected chi connectivity index (χ3v) is 7.49. The van der Waals surface area contributed by atoms with Gasteiger partial charge in [-0.2, -0.15) is 9.78 Å². The molecule has 2 N–H and O–H groups in total. The lowest BCUT2D eigenvalue weighted by Crippen LogP contribution is -2.30. The number of carbonyl (C=O) groups is 1. The molecule has 208 valence electrons. The molecular weight excluding hydrogens is 560 g/mol. The number of pyridine rings is 1. The summed E-state index contributed by atoms with van der Waals surface area (Å²) < 4.78 is 36.1. The molecule has 0 spiro atoms. The molecule has 0 saturated heterocycles. The average Bonchev–Trinajstić information content (AvgIpc) is 3.23. The van der Waals surface area contributed by atoms with Gasteiger partial charge in [-0.05, 0) is 62.7 Å². The second kappa shape index (κ2) is 11.8. The van der Waals surface area contributed by atoms with Gasteiger partial charge in [0.15, 0.2) is 5.69 Å². The van der Waals surface area contributed by atoms with Gasteiger partial charge in [-0.3, -0.25) is 19.9 Å². The number of amides is 1. The van der Waals surface area contributed by atoms with Crippen LogP contribution in [0.4, 0.5) is 5.69 Å². The molecule has 2 aromatic carbocycles. The Labute approximate surface area is 235 Å². The Balaban J connectivity index is 1.80. The van der Waals surface area contributed by atoms with Gasteiger partial charge in [0.2, 0.25) is 15.9 Å². The van der Waals surface area contributed by atoms with E-state index in [-0.39, 0.29) is 23.9 Å². The first-order valence-electron chi connectivity index (χ1n) is 12.0. The predicted octanol–water partition coefficient (Wildman–Crippen LogP) is 4.55. The number of sulfonamides is 1. The summed E-state index contributed by atoms with van der Waals surface area (Å²) in [5.74, 6) is -0.667. The van der Waals surface area contributed by atoms with Gasteiger partial charge in [0, 0.05) is 47.7 Å². The summed E-state index contributed by atoms with van der Waals surface area (Å²) >= 11 is 6.05. The molecule has 1 amide bonds. The molecule has 0 atom stereocenters. The Morgan fingerprint density at radius 3 is 2.52 bits per heavy atom. The van der Waals surface area contributed by atoms with Gasteiger partial charge >= 0.3 is 0 Å². The topological polar surface area (TPSA) is 158 Å². The van der Waals surface area contributed by atoms with Crippen LogP contribution >= 0.6 is 11.6 Å². The van der Waals surface area contributed by atoms with Crippen LogP contribution in [0.25, 0.3) is 5.69 Å². The number of hydrogen-bond acceptors (Lipinski definition) is 8. The summed E-state index contributed by atoms with van der Waals surface area (Å²) in [4.78, 5) is 27.4. The van der Waals surface area contributed by atoms with Crippen LogP contribution in [0.3, 0.4) is 0 Å². The third-order valence-electron chi connectivity index (χ3n) is 5.56. The monoisotopic (exact) mass is 584 g/mol. The Morgan fingerprint density at radius 2 is 1.90 bits per heavy atom. The molecule has 14 heteroatoms. The molecule has 0 aliphatic rings. The molecule has 0 bridgehead atoms. The number of aromatic nitrogens is 3. The first-order valence-corrected chi connectivity index (χ1v) is 13.8. The first kappa shape index (κ1) is 28.7. The minimum Gasteiger partial charge on any atom is -0.437 e. The number of ether oxygens (including phenoxy) is 1. The van der Waals surface area contributed by atoms with Crippen molar-refractivity contribution in [3.63, 3.8) is 0 Å². The van der Waals surface area contributed by atoms with E-state index in [2.05, 4.69) is 20.1 Å². The van der Waals surface area contributed by atoms with Crippen molar-refractivity contribution in [1.29, 1.82) is 0 Å². The van der Waals surface area contributed by atoms with Crippen molar-refractivity contribution >= 4 is 33.2 Å². The quantitative estimate of drug-likeness (QED) is 0.203. The molecule has 4 rings (SSSR count). The summed E-state index contributed by atoms with van der Waals surface area (Å²) in [6.07, 6.45) is 3.24. The van der Waals surface area contributed by atoms with Crippen LogP contribution in [-0.2, 0) is 16.6 Å². The third kappa shape index (κ3) is 6.45. The molecule has 2 heterocycles. The molecule has 0 radical (unpaired) electrons. The maximum Gasteiger partial charge on any atom is 0.272 e. The highest BCUT2D eigenvalue weighted by Crippen LogP contribution is 2.36. The van der Waals surface area contributed by atoms with Crippen molar-refractivity contribution < 1.29 is 22.9 Å². The molecule has 0 aliphatic heterocycles. The van der Waals surface area contributed by atoms with E-state index in [0.29, 0.717) is 16.3 Å². The fourth-order valence-corrected chi connectivity index (χ4v) is 5.25. The van der Waals surface area contributed by atoms with Crippen molar-refractivity contribution in [1.82, 2.24) is 24.8 Å². The highest BCUT2D eigenvalue weighted by Gasteiger charge is 2.28. The largest absolute Gasteiger partial charge is 0.437 e. The van der Waals surface area contributed by atoms with Crippen molar-refractivity contribution in [2.45, 2.75) is 38.3 Å². The Kier molecular flexibility index (Phi) is 8.47. The van der Waals surface area contributed by atoms with E-state index in [0.717, 1.165) is 17.7 Å². The van der Waals surface area contributed by atoms with Crippen LogP contribution < -0.4 is 14.8 Å². The highest BCUT2D eigenvalue weighted by molar-refractivity contribution is 7.89. The molecule has 0 aliphatic carbocycles. The number of halogens is 1. The van der Waals surface area contributed by atoms with Crippen LogP contribution in [-0.4, -0.2) is 40.1 Å². The van der Waals surface area contributed by atoms with E-state index in [1.807, 2.05) is 6.07 Å². The summed E-state index contributed by atoms with van der Waals surface area (Å²) in [5, 5.41) is 19.1. The zero-order valence-electron chi connectivity index (χ0n) is 21.7. The number of carbonyl (C=O) groups excluding carboxylic acids is 1. The Bertz CT molecular complexity index is 1660. The van der Waals surface area contributed by atoms with E-state index in [4.69, 9.17) is 16.3 Å². The van der Waals surface area contributed by atoms with Gasteiger partial charge < -0.3 is 10.1 Å². The van der Waals surface area contributed by atoms with Crippen LogP contribution in [0.15, 0.2) is 71.9 Å². The Hall–Kier alpha value is -4.33. The summed E-state index contributed by atoms with van der Waals surface area (Å²) in [7, 11) is -4.22. The molecule has 0 fully saturated rings. The lowest BCUT2D eigenvalue weighted by molar-refractivity contribution is -0.385. The number of benzene rings is 2. The first-order chi connectivity index (χ1) is 19.0. The van der Waals surface area contributed by atoms with Crippen molar-refractivity contribution in [3.05, 3.63) is 98.9 Å². The minimum absolute atomic E-state index is 0.0282. The summed E-state index contributed by atoms with van der Waals surface area (Å²) in [5.41, 5.74) is 1.15. The van der Waals surface area contributed by atoms with Gasteiger partial charge in [-0.25, -0.2) is 13.1 Å². The molecular formula is C26H25ClN6O6S. The number of nitrogens with zero attached hydrogens (tertiary/aromatic N) is 4. The number of nitrogens with one attached hydrogen (secondary N) is 2. The van der Waals surface area contributed by atoms with Gasteiger partial charge in [-0.1, -0.05) is 17.7 Å². The molecule has 2 aromatic heterocycles. The van der Waals surface area contributed by atoms with Crippen LogP contribution in [0.2, 0.25) is 5.02 Å². The van der Waals surface area contributed by atoms with E-state index in [1.54, 1.807) is 63.5 Å². The van der Waals surface area contributed by atoms with Gasteiger partial charge in [0.1, 0.15) is 10.6 Å². The average molecular weight is 585 g/mol. The number of rotatable bonds is 10. The summed E-state index contributed by atoms with van der Waals surface area (Å²) in [6, 6.07) is 12.8. The number of non-ortho nitro benzene ring substituents is 1. The fraction of sp³-hybridized carbons (Fsp3) is 0.192. The molecule has 0 unspecified atom stereocenters. The van der Waals surface area contributed by atoms with Crippen molar-refractivity contribution in [2.75, 3.05) is 0 Å².